The first kappa shape index (κ1) is 19.7. The van der Waals surface area contributed by atoms with Crippen LogP contribution in [-0.2, 0) is 17.8 Å². The maximum atomic E-state index is 5.05. The molecule has 1 fully saturated rings. The Morgan fingerprint density at radius 3 is 2.40 bits per heavy atom. The van der Waals surface area contributed by atoms with Crippen molar-refractivity contribution in [2.45, 2.75) is 19.5 Å². The standard InChI is InChI=1S/C19H33N5O/c1-20-19(21-9-4-14-25-3)22-15-17-5-7-18(8-6-17)16-24-12-10-23(2)11-13-24/h5-8H,4,9-16H2,1-3H3,(H2,20,21,22). The van der Waals surface area contributed by atoms with E-state index in [0.29, 0.717) is 0 Å². The summed E-state index contributed by atoms with van der Waals surface area (Å²) in [7, 11) is 5.71. The average Bonchev–Trinajstić information content (AvgIpc) is 2.64. The predicted molar refractivity (Wildman–Crippen MR) is 104 cm³/mol. The van der Waals surface area contributed by atoms with Crippen LogP contribution >= 0.6 is 0 Å². The van der Waals surface area contributed by atoms with Gasteiger partial charge in [-0.2, -0.15) is 0 Å². The maximum absolute atomic E-state index is 5.05. The number of piperazine rings is 1. The van der Waals surface area contributed by atoms with E-state index in [1.165, 1.54) is 24.2 Å². The highest BCUT2D eigenvalue weighted by molar-refractivity contribution is 5.79. The second-order valence-electron chi connectivity index (χ2n) is 6.59. The molecule has 0 aliphatic carbocycles. The van der Waals surface area contributed by atoms with Crippen molar-refractivity contribution in [1.29, 1.82) is 0 Å². The van der Waals surface area contributed by atoms with Crippen LogP contribution < -0.4 is 10.6 Å². The lowest BCUT2D eigenvalue weighted by molar-refractivity contribution is 0.148. The van der Waals surface area contributed by atoms with Crippen LogP contribution in [0.1, 0.15) is 17.5 Å². The van der Waals surface area contributed by atoms with Gasteiger partial charge >= 0.3 is 0 Å². The zero-order valence-corrected chi connectivity index (χ0v) is 15.9. The summed E-state index contributed by atoms with van der Waals surface area (Å²) in [6, 6.07) is 8.89. The van der Waals surface area contributed by atoms with E-state index in [1.807, 2.05) is 0 Å². The van der Waals surface area contributed by atoms with Gasteiger partial charge in [-0.15, -0.1) is 0 Å². The van der Waals surface area contributed by atoms with E-state index in [9.17, 15) is 0 Å². The molecule has 6 heteroatoms. The van der Waals surface area contributed by atoms with Gasteiger partial charge in [0.2, 0.25) is 0 Å². The van der Waals surface area contributed by atoms with Crippen molar-refractivity contribution < 1.29 is 4.74 Å². The zero-order chi connectivity index (χ0) is 17.9. The van der Waals surface area contributed by atoms with E-state index in [2.05, 4.69) is 56.7 Å². The van der Waals surface area contributed by atoms with Crippen LogP contribution in [0.5, 0.6) is 0 Å². The molecular weight excluding hydrogens is 314 g/mol. The number of rotatable bonds is 8. The lowest BCUT2D eigenvalue weighted by atomic mass is 10.1. The van der Waals surface area contributed by atoms with Crippen LogP contribution in [0.4, 0.5) is 0 Å². The number of aliphatic imine (C=N–C) groups is 1. The molecular formula is C19H33N5O. The number of ether oxygens (including phenoxy) is 1. The average molecular weight is 348 g/mol. The van der Waals surface area contributed by atoms with Crippen LogP contribution in [0, 0.1) is 0 Å². The Morgan fingerprint density at radius 1 is 1.08 bits per heavy atom. The molecule has 0 amide bonds. The van der Waals surface area contributed by atoms with Gasteiger partial charge in [-0.05, 0) is 24.6 Å². The lowest BCUT2D eigenvalue weighted by Crippen LogP contribution is -2.43. The Balaban J connectivity index is 1.72. The molecule has 1 aromatic rings. The molecule has 2 N–H and O–H groups in total. The van der Waals surface area contributed by atoms with Crippen LogP contribution in [-0.4, -0.2) is 76.3 Å². The second kappa shape index (κ2) is 11.1. The third-order valence-corrected chi connectivity index (χ3v) is 4.53. The molecule has 0 spiro atoms. The minimum absolute atomic E-state index is 0.763. The third kappa shape index (κ3) is 7.42. The van der Waals surface area contributed by atoms with Crippen molar-refractivity contribution >= 4 is 5.96 Å². The minimum atomic E-state index is 0.763. The largest absolute Gasteiger partial charge is 0.385 e. The number of nitrogens with one attached hydrogen (secondary N) is 2. The minimum Gasteiger partial charge on any atom is -0.385 e. The molecule has 140 valence electrons. The smallest absolute Gasteiger partial charge is 0.191 e. The second-order valence-corrected chi connectivity index (χ2v) is 6.59. The molecule has 0 unspecified atom stereocenters. The summed E-state index contributed by atoms with van der Waals surface area (Å²) in [6.45, 7) is 8.09. The fourth-order valence-electron chi connectivity index (χ4n) is 2.86. The molecule has 25 heavy (non-hydrogen) atoms. The number of guanidine groups is 1. The Bertz CT molecular complexity index is 509. The number of likely N-dealkylation sites (N-methyl/N-ethyl adjacent to an activating group) is 1. The quantitative estimate of drug-likeness (QED) is 0.420. The first-order valence-corrected chi connectivity index (χ1v) is 9.13. The molecule has 0 radical (unpaired) electrons. The Kier molecular flexibility index (Phi) is 8.72. The molecule has 0 aromatic heterocycles. The van der Waals surface area contributed by atoms with E-state index in [-0.39, 0.29) is 0 Å². The molecule has 1 aliphatic heterocycles. The molecule has 1 heterocycles. The molecule has 2 rings (SSSR count). The molecule has 0 atom stereocenters. The third-order valence-electron chi connectivity index (χ3n) is 4.53. The van der Waals surface area contributed by atoms with Gasteiger partial charge in [-0.25, -0.2) is 0 Å². The van der Waals surface area contributed by atoms with Crippen LogP contribution in [0.2, 0.25) is 0 Å². The summed E-state index contributed by atoms with van der Waals surface area (Å²) >= 11 is 0. The Hall–Kier alpha value is -1.63. The molecule has 6 nitrogen and oxygen atoms in total. The summed E-state index contributed by atoms with van der Waals surface area (Å²) in [5, 5.41) is 6.64. The molecule has 1 aromatic carbocycles. The SMILES string of the molecule is CN=C(NCCCOC)NCc1ccc(CN2CCN(C)CC2)cc1. The number of hydrogen-bond acceptors (Lipinski definition) is 4. The predicted octanol–water partition coefficient (Wildman–Crippen LogP) is 1.14. The van der Waals surface area contributed by atoms with Crippen molar-refractivity contribution in [3.8, 4) is 0 Å². The number of benzene rings is 1. The van der Waals surface area contributed by atoms with E-state index in [0.717, 1.165) is 51.7 Å². The van der Waals surface area contributed by atoms with Crippen molar-refractivity contribution in [2.24, 2.45) is 4.99 Å². The van der Waals surface area contributed by atoms with Crippen molar-refractivity contribution in [2.75, 3.05) is 60.5 Å². The van der Waals surface area contributed by atoms with Gasteiger partial charge in [0.05, 0.1) is 0 Å². The van der Waals surface area contributed by atoms with Crippen LogP contribution in [0.25, 0.3) is 0 Å². The zero-order valence-electron chi connectivity index (χ0n) is 15.9. The van der Waals surface area contributed by atoms with Gasteiger partial charge in [-0.1, -0.05) is 24.3 Å². The number of methoxy groups -OCH3 is 1. The summed E-state index contributed by atoms with van der Waals surface area (Å²) in [4.78, 5) is 9.16. The van der Waals surface area contributed by atoms with Crippen molar-refractivity contribution in [1.82, 2.24) is 20.4 Å². The van der Waals surface area contributed by atoms with Gasteiger partial charge in [-0.3, -0.25) is 9.89 Å². The molecule has 0 saturated carbocycles. The van der Waals surface area contributed by atoms with E-state index >= 15 is 0 Å². The summed E-state index contributed by atoms with van der Waals surface area (Å²) in [6.07, 6.45) is 0.970. The van der Waals surface area contributed by atoms with Gasteiger partial charge in [0.15, 0.2) is 5.96 Å². The van der Waals surface area contributed by atoms with Gasteiger partial charge < -0.3 is 20.3 Å². The van der Waals surface area contributed by atoms with E-state index in [1.54, 1.807) is 14.2 Å². The van der Waals surface area contributed by atoms with Gasteiger partial charge in [0.25, 0.3) is 0 Å². The van der Waals surface area contributed by atoms with Gasteiger partial charge in [0.1, 0.15) is 0 Å². The highest BCUT2D eigenvalue weighted by atomic mass is 16.5. The topological polar surface area (TPSA) is 52.1 Å². The first-order chi connectivity index (χ1) is 12.2. The fourth-order valence-corrected chi connectivity index (χ4v) is 2.86. The normalized spacial score (nSPS) is 16.8. The van der Waals surface area contributed by atoms with Crippen molar-refractivity contribution in [3.63, 3.8) is 0 Å². The number of hydrogen-bond donors (Lipinski definition) is 2. The monoisotopic (exact) mass is 347 g/mol. The van der Waals surface area contributed by atoms with Gasteiger partial charge in [0, 0.05) is 66.6 Å². The van der Waals surface area contributed by atoms with Crippen LogP contribution in [0.3, 0.4) is 0 Å². The molecule has 1 saturated heterocycles. The first-order valence-electron chi connectivity index (χ1n) is 9.13. The maximum Gasteiger partial charge on any atom is 0.191 e. The fraction of sp³-hybridized carbons (Fsp3) is 0.632. The summed E-state index contributed by atoms with van der Waals surface area (Å²) in [5.41, 5.74) is 2.65. The molecule has 1 aliphatic rings. The van der Waals surface area contributed by atoms with E-state index in [4.69, 9.17) is 4.74 Å². The molecule has 0 bridgehead atoms. The van der Waals surface area contributed by atoms with E-state index < -0.39 is 0 Å². The Morgan fingerprint density at radius 2 is 1.76 bits per heavy atom. The van der Waals surface area contributed by atoms with Crippen molar-refractivity contribution in [3.05, 3.63) is 35.4 Å². The lowest BCUT2D eigenvalue weighted by Gasteiger charge is -2.32. The highest BCUT2D eigenvalue weighted by Crippen LogP contribution is 2.09. The highest BCUT2D eigenvalue weighted by Gasteiger charge is 2.13. The summed E-state index contributed by atoms with van der Waals surface area (Å²) in [5.74, 6) is 0.831. The van der Waals surface area contributed by atoms with Crippen LogP contribution in [0.15, 0.2) is 29.3 Å². The number of nitrogens with zero attached hydrogens (tertiary/aromatic N) is 3. The Labute approximate surface area is 152 Å². The summed E-state index contributed by atoms with van der Waals surface area (Å²) < 4.78 is 5.05.